The minimum atomic E-state index is -0.728. The van der Waals surface area contributed by atoms with Crippen LogP contribution in [0.1, 0.15) is 30.2 Å². The number of thiazole rings is 1. The van der Waals surface area contributed by atoms with E-state index >= 15 is 0 Å². The average Bonchev–Trinajstić information content (AvgIpc) is 2.54. The first kappa shape index (κ1) is 10.2. The van der Waals surface area contributed by atoms with Gasteiger partial charge in [0.15, 0.2) is 0 Å². The predicted octanol–water partition coefficient (Wildman–Crippen LogP) is 2.03. The molecule has 2 unspecified atom stereocenters. The van der Waals surface area contributed by atoms with E-state index in [-0.39, 0.29) is 5.92 Å². The molecule has 0 aliphatic rings. The predicted molar refractivity (Wildman–Crippen MR) is 51.2 cm³/mol. The highest BCUT2D eigenvalue weighted by molar-refractivity contribution is 7.09. The second-order valence-corrected chi connectivity index (χ2v) is 3.81. The zero-order chi connectivity index (χ0) is 9.84. The number of nitrogens with zero attached hydrogens (tertiary/aromatic N) is 2. The lowest BCUT2D eigenvalue weighted by Gasteiger charge is -2.11. The Balaban J connectivity index is 2.78. The molecule has 13 heavy (non-hydrogen) atoms. The van der Waals surface area contributed by atoms with Crippen molar-refractivity contribution in [1.82, 2.24) is 4.98 Å². The number of hydrogen-bond donors (Lipinski definition) is 1. The van der Waals surface area contributed by atoms with Gasteiger partial charge in [-0.1, -0.05) is 6.92 Å². The lowest BCUT2D eigenvalue weighted by molar-refractivity contribution is 0.132. The third kappa shape index (κ3) is 2.27. The lowest BCUT2D eigenvalue weighted by Crippen LogP contribution is -2.09. The van der Waals surface area contributed by atoms with Crippen molar-refractivity contribution in [3.05, 3.63) is 16.1 Å². The topological polar surface area (TPSA) is 56.9 Å². The summed E-state index contributed by atoms with van der Waals surface area (Å²) in [4.78, 5) is 4.14. The van der Waals surface area contributed by atoms with Crippen molar-refractivity contribution in [2.24, 2.45) is 5.92 Å². The molecule has 1 heterocycles. The van der Waals surface area contributed by atoms with Crippen LogP contribution in [0.15, 0.2) is 5.38 Å². The summed E-state index contributed by atoms with van der Waals surface area (Å²) < 4.78 is 0. The summed E-state index contributed by atoms with van der Waals surface area (Å²) in [5.74, 6) is -0.342. The molecule has 0 aliphatic carbocycles. The molecule has 4 heteroatoms. The average molecular weight is 196 g/mol. The largest absolute Gasteiger partial charge is 0.385 e. The molecule has 1 aromatic rings. The van der Waals surface area contributed by atoms with Gasteiger partial charge in [-0.05, 0) is 13.3 Å². The van der Waals surface area contributed by atoms with Crippen molar-refractivity contribution in [2.75, 3.05) is 0 Å². The monoisotopic (exact) mass is 196 g/mol. The first-order chi connectivity index (χ1) is 6.19. The van der Waals surface area contributed by atoms with Gasteiger partial charge in [0.25, 0.3) is 0 Å². The molecule has 0 radical (unpaired) electrons. The second kappa shape index (κ2) is 4.35. The number of nitriles is 1. The van der Waals surface area contributed by atoms with Crippen LogP contribution >= 0.6 is 11.3 Å². The fraction of sp³-hybridized carbons (Fsp3) is 0.556. The molecule has 3 nitrogen and oxygen atoms in total. The fourth-order valence-electron chi connectivity index (χ4n) is 1.07. The van der Waals surface area contributed by atoms with Gasteiger partial charge < -0.3 is 5.11 Å². The minimum Gasteiger partial charge on any atom is -0.385 e. The molecule has 0 aliphatic heterocycles. The van der Waals surface area contributed by atoms with Gasteiger partial charge in [-0.3, -0.25) is 0 Å². The molecule has 2 atom stereocenters. The van der Waals surface area contributed by atoms with E-state index in [1.54, 1.807) is 0 Å². The summed E-state index contributed by atoms with van der Waals surface area (Å²) in [6, 6.07) is 2.08. The Morgan fingerprint density at radius 1 is 1.77 bits per heavy atom. The Kier molecular flexibility index (Phi) is 3.40. The number of aromatic nitrogens is 1. The summed E-state index contributed by atoms with van der Waals surface area (Å²) in [6.07, 6.45) is -0.0790. The molecule has 0 amide bonds. The van der Waals surface area contributed by atoms with Crippen LogP contribution in [0.4, 0.5) is 0 Å². The molecule has 70 valence electrons. The van der Waals surface area contributed by atoms with Gasteiger partial charge in [0, 0.05) is 11.1 Å². The number of rotatable bonds is 3. The van der Waals surface area contributed by atoms with Crippen molar-refractivity contribution in [1.29, 1.82) is 5.26 Å². The van der Waals surface area contributed by atoms with Gasteiger partial charge in [0.05, 0.1) is 12.0 Å². The van der Waals surface area contributed by atoms with Gasteiger partial charge in [-0.15, -0.1) is 11.3 Å². The number of aryl methyl sites for hydroxylation is 1. The van der Waals surface area contributed by atoms with Crippen molar-refractivity contribution in [3.8, 4) is 6.07 Å². The highest BCUT2D eigenvalue weighted by atomic mass is 32.1. The highest BCUT2D eigenvalue weighted by Gasteiger charge is 2.21. The van der Waals surface area contributed by atoms with Crippen LogP contribution in [-0.2, 0) is 0 Å². The maximum absolute atomic E-state index is 9.72. The van der Waals surface area contributed by atoms with E-state index in [0.717, 1.165) is 5.69 Å². The molecule has 1 aromatic heterocycles. The van der Waals surface area contributed by atoms with Crippen LogP contribution in [0.2, 0.25) is 0 Å². The molecular formula is C9H12N2OS. The van der Waals surface area contributed by atoms with Crippen LogP contribution < -0.4 is 0 Å². The molecule has 1 rings (SSSR count). The number of aliphatic hydroxyl groups excluding tert-OH is 1. The van der Waals surface area contributed by atoms with Gasteiger partial charge in [-0.2, -0.15) is 5.26 Å². The molecule has 0 bridgehead atoms. The fourth-order valence-corrected chi connectivity index (χ4v) is 1.91. The number of aliphatic hydroxyl groups is 1. The summed E-state index contributed by atoms with van der Waals surface area (Å²) in [6.45, 7) is 3.76. The van der Waals surface area contributed by atoms with Crippen LogP contribution in [0.3, 0.4) is 0 Å². The van der Waals surface area contributed by atoms with Crippen LogP contribution in [0.5, 0.6) is 0 Å². The van der Waals surface area contributed by atoms with E-state index in [0.29, 0.717) is 11.4 Å². The molecule has 1 N–H and O–H groups in total. The summed E-state index contributed by atoms with van der Waals surface area (Å²) in [5, 5.41) is 21.0. The Bertz CT molecular complexity index is 316. The van der Waals surface area contributed by atoms with Crippen molar-refractivity contribution in [2.45, 2.75) is 26.4 Å². The molecule has 0 saturated heterocycles. The summed E-state index contributed by atoms with van der Waals surface area (Å²) >= 11 is 1.40. The molecule has 0 saturated carbocycles. The Morgan fingerprint density at radius 2 is 2.46 bits per heavy atom. The number of hydrogen-bond acceptors (Lipinski definition) is 4. The molecular weight excluding hydrogens is 184 g/mol. The van der Waals surface area contributed by atoms with Gasteiger partial charge in [0.1, 0.15) is 11.1 Å². The van der Waals surface area contributed by atoms with E-state index < -0.39 is 6.10 Å². The minimum absolute atomic E-state index is 0.342. The third-order valence-corrected chi connectivity index (χ3v) is 2.91. The Hall–Kier alpha value is -0.920. The van der Waals surface area contributed by atoms with E-state index in [1.807, 2.05) is 19.2 Å². The van der Waals surface area contributed by atoms with E-state index in [4.69, 9.17) is 5.26 Å². The molecule has 0 spiro atoms. The van der Waals surface area contributed by atoms with Crippen molar-refractivity contribution >= 4 is 11.3 Å². The van der Waals surface area contributed by atoms with Gasteiger partial charge in [0.2, 0.25) is 0 Å². The standard InChI is InChI=1S/C9H12N2OS/c1-3-7(4-10)8(12)9-11-6(2)5-13-9/h5,7-8,12H,3H2,1-2H3. The van der Waals surface area contributed by atoms with Crippen LogP contribution in [0.25, 0.3) is 0 Å². The van der Waals surface area contributed by atoms with Crippen molar-refractivity contribution < 1.29 is 5.11 Å². The zero-order valence-corrected chi connectivity index (χ0v) is 8.51. The Morgan fingerprint density at radius 3 is 2.85 bits per heavy atom. The maximum atomic E-state index is 9.72. The first-order valence-electron chi connectivity index (χ1n) is 4.18. The van der Waals surface area contributed by atoms with E-state index in [2.05, 4.69) is 11.1 Å². The van der Waals surface area contributed by atoms with Gasteiger partial charge >= 0.3 is 0 Å². The quantitative estimate of drug-likeness (QED) is 0.804. The Labute approximate surface area is 81.7 Å². The molecule has 0 fully saturated rings. The highest BCUT2D eigenvalue weighted by Crippen LogP contribution is 2.26. The van der Waals surface area contributed by atoms with E-state index in [9.17, 15) is 5.11 Å². The second-order valence-electron chi connectivity index (χ2n) is 2.92. The first-order valence-corrected chi connectivity index (χ1v) is 5.06. The zero-order valence-electron chi connectivity index (χ0n) is 7.69. The summed E-state index contributed by atoms with van der Waals surface area (Å²) in [5.41, 5.74) is 0.895. The third-order valence-electron chi connectivity index (χ3n) is 1.88. The SMILES string of the molecule is CCC(C#N)C(O)c1nc(C)cs1. The lowest BCUT2D eigenvalue weighted by atomic mass is 10.0. The smallest absolute Gasteiger partial charge is 0.123 e. The molecule has 0 aromatic carbocycles. The van der Waals surface area contributed by atoms with E-state index in [1.165, 1.54) is 11.3 Å². The normalized spacial score (nSPS) is 14.9. The van der Waals surface area contributed by atoms with Gasteiger partial charge in [-0.25, -0.2) is 4.98 Å². The van der Waals surface area contributed by atoms with Crippen LogP contribution in [-0.4, -0.2) is 10.1 Å². The summed E-state index contributed by atoms with van der Waals surface area (Å²) in [7, 11) is 0. The maximum Gasteiger partial charge on any atom is 0.123 e. The van der Waals surface area contributed by atoms with Crippen LogP contribution in [0, 0.1) is 24.2 Å². The van der Waals surface area contributed by atoms with Crippen molar-refractivity contribution in [3.63, 3.8) is 0 Å².